The lowest BCUT2D eigenvalue weighted by Gasteiger charge is -2.18. The molecule has 3 N–H and O–H groups in total. The van der Waals surface area contributed by atoms with E-state index in [4.69, 9.17) is 4.74 Å². The Hall–Kier alpha value is -4.06. The number of benzene rings is 2. The van der Waals surface area contributed by atoms with Crippen molar-refractivity contribution < 1.29 is 9.53 Å². The highest BCUT2D eigenvalue weighted by Gasteiger charge is 2.23. The highest BCUT2D eigenvalue weighted by atomic mass is 16.5. The maximum absolute atomic E-state index is 13.1. The minimum atomic E-state index is -0.581. The van der Waals surface area contributed by atoms with Gasteiger partial charge in [-0.2, -0.15) is 0 Å². The number of fused-ring (bicyclic) bond motifs is 2. The molecular formula is C25H22N4O2. The lowest BCUT2D eigenvalue weighted by atomic mass is 10.0. The second-order valence-corrected chi connectivity index (χ2v) is 7.47. The number of hydrogen-bond acceptors (Lipinski definition) is 4. The van der Waals surface area contributed by atoms with Crippen molar-refractivity contribution in [2.45, 2.75) is 19.1 Å². The monoisotopic (exact) mass is 410 g/mol. The number of rotatable bonds is 7. The minimum Gasteiger partial charge on any atom is -0.459 e. The van der Waals surface area contributed by atoms with Crippen LogP contribution in [0.5, 0.6) is 0 Å². The zero-order valence-corrected chi connectivity index (χ0v) is 16.8. The Morgan fingerprint density at radius 1 is 0.968 bits per heavy atom. The first-order chi connectivity index (χ1) is 15.3. The number of ether oxygens (including phenoxy) is 1. The molecule has 3 aromatic heterocycles. The van der Waals surface area contributed by atoms with Crippen LogP contribution < -0.4 is 5.32 Å². The van der Waals surface area contributed by atoms with E-state index in [-0.39, 0.29) is 12.6 Å². The molecule has 31 heavy (non-hydrogen) atoms. The maximum Gasteiger partial charge on any atom is 0.329 e. The number of aromatic nitrogens is 3. The molecular weight excluding hydrogens is 388 g/mol. The zero-order valence-electron chi connectivity index (χ0n) is 16.8. The van der Waals surface area contributed by atoms with Crippen LogP contribution in [0.3, 0.4) is 0 Å². The number of carbonyl (C=O) groups excluding carboxylic acids is 1. The van der Waals surface area contributed by atoms with E-state index in [0.29, 0.717) is 12.2 Å². The molecule has 0 amide bonds. The fraction of sp³-hybridized carbons (Fsp3) is 0.120. The molecule has 0 aliphatic heterocycles. The third-order valence-electron chi connectivity index (χ3n) is 5.34. The lowest BCUT2D eigenvalue weighted by Crippen LogP contribution is -2.33. The average molecular weight is 410 g/mol. The zero-order chi connectivity index (χ0) is 21.0. The molecule has 5 rings (SSSR count). The molecule has 6 heteroatoms. The van der Waals surface area contributed by atoms with E-state index < -0.39 is 6.04 Å². The molecule has 5 aromatic rings. The van der Waals surface area contributed by atoms with Crippen molar-refractivity contribution >= 4 is 33.7 Å². The van der Waals surface area contributed by atoms with Gasteiger partial charge in [-0.15, -0.1) is 0 Å². The number of anilines is 1. The van der Waals surface area contributed by atoms with E-state index in [9.17, 15) is 4.79 Å². The third-order valence-corrected chi connectivity index (χ3v) is 5.34. The van der Waals surface area contributed by atoms with Crippen molar-refractivity contribution in [2.75, 3.05) is 5.32 Å². The van der Waals surface area contributed by atoms with Gasteiger partial charge in [0, 0.05) is 35.1 Å². The Labute approximate surface area is 179 Å². The average Bonchev–Trinajstić information content (AvgIpc) is 3.44. The number of nitrogens with zero attached hydrogens (tertiary/aromatic N) is 1. The Balaban J connectivity index is 1.40. The minimum absolute atomic E-state index is 0.231. The normalized spacial score (nSPS) is 12.1. The van der Waals surface area contributed by atoms with E-state index in [0.717, 1.165) is 33.1 Å². The summed E-state index contributed by atoms with van der Waals surface area (Å²) in [7, 11) is 0. The predicted molar refractivity (Wildman–Crippen MR) is 122 cm³/mol. The van der Waals surface area contributed by atoms with Crippen molar-refractivity contribution in [3.63, 3.8) is 0 Å². The number of H-pyrrole nitrogens is 2. The third kappa shape index (κ3) is 4.14. The van der Waals surface area contributed by atoms with E-state index in [1.807, 2.05) is 79.1 Å². The first-order valence-electron chi connectivity index (χ1n) is 10.2. The molecule has 1 atom stereocenters. The van der Waals surface area contributed by atoms with Crippen LogP contribution in [0.1, 0.15) is 11.1 Å². The number of carbonyl (C=O) groups is 1. The molecule has 3 heterocycles. The van der Waals surface area contributed by atoms with Gasteiger partial charge in [-0.3, -0.25) is 0 Å². The summed E-state index contributed by atoms with van der Waals surface area (Å²) in [5.41, 5.74) is 3.81. The summed E-state index contributed by atoms with van der Waals surface area (Å²) in [5.74, 6) is 0.305. The Kier molecular flexibility index (Phi) is 5.10. The summed E-state index contributed by atoms with van der Waals surface area (Å²) in [6.07, 6.45) is 4.27. The van der Waals surface area contributed by atoms with Gasteiger partial charge in [0.15, 0.2) is 0 Å². The van der Waals surface area contributed by atoms with Crippen LogP contribution in [0.4, 0.5) is 5.82 Å². The fourth-order valence-electron chi connectivity index (χ4n) is 3.73. The van der Waals surface area contributed by atoms with Gasteiger partial charge in [0.05, 0.1) is 0 Å². The highest BCUT2D eigenvalue weighted by Crippen LogP contribution is 2.21. The van der Waals surface area contributed by atoms with Crippen LogP contribution in [-0.2, 0) is 22.6 Å². The molecule has 154 valence electrons. The van der Waals surface area contributed by atoms with Crippen LogP contribution in [0.2, 0.25) is 0 Å². The molecule has 0 aliphatic carbocycles. The number of pyridine rings is 1. The van der Waals surface area contributed by atoms with E-state index in [1.54, 1.807) is 0 Å². The van der Waals surface area contributed by atoms with Crippen LogP contribution in [0.15, 0.2) is 85.2 Å². The molecule has 0 spiro atoms. The summed E-state index contributed by atoms with van der Waals surface area (Å²) >= 11 is 0. The van der Waals surface area contributed by atoms with Gasteiger partial charge in [0.2, 0.25) is 0 Å². The lowest BCUT2D eigenvalue weighted by molar-refractivity contribution is -0.145. The second kappa shape index (κ2) is 8.36. The predicted octanol–water partition coefficient (Wildman–Crippen LogP) is 4.81. The van der Waals surface area contributed by atoms with Crippen molar-refractivity contribution in [3.05, 3.63) is 96.3 Å². The molecule has 0 radical (unpaired) electrons. The van der Waals surface area contributed by atoms with Crippen molar-refractivity contribution in [1.82, 2.24) is 15.0 Å². The van der Waals surface area contributed by atoms with Crippen LogP contribution in [0.25, 0.3) is 21.9 Å². The van der Waals surface area contributed by atoms with Crippen LogP contribution >= 0.6 is 0 Å². The van der Waals surface area contributed by atoms with E-state index in [1.165, 1.54) is 0 Å². The van der Waals surface area contributed by atoms with Gasteiger partial charge in [-0.1, -0.05) is 48.5 Å². The molecule has 0 saturated carbocycles. The maximum atomic E-state index is 13.1. The second-order valence-electron chi connectivity index (χ2n) is 7.47. The summed E-state index contributed by atoms with van der Waals surface area (Å²) in [5, 5.41) is 5.39. The van der Waals surface area contributed by atoms with Crippen LogP contribution in [0, 0.1) is 0 Å². The topological polar surface area (TPSA) is 82.8 Å². The Morgan fingerprint density at radius 3 is 2.71 bits per heavy atom. The van der Waals surface area contributed by atoms with Crippen molar-refractivity contribution in [2.24, 2.45) is 0 Å². The number of aromatic amines is 2. The van der Waals surface area contributed by atoms with Gasteiger partial charge in [-0.05, 0) is 35.4 Å². The molecule has 2 aromatic carbocycles. The first kappa shape index (κ1) is 18.9. The molecule has 6 nitrogen and oxygen atoms in total. The van der Waals surface area contributed by atoms with Gasteiger partial charge in [-0.25, -0.2) is 9.78 Å². The summed E-state index contributed by atoms with van der Waals surface area (Å²) in [4.78, 5) is 24.0. The van der Waals surface area contributed by atoms with Gasteiger partial charge in [0.1, 0.15) is 24.1 Å². The quantitative estimate of drug-likeness (QED) is 0.336. The SMILES string of the molecule is O=C(OCc1ccccc1)[C@H](Cc1c[nH]c2ccccc12)Nc1ccc2cc[nH]c2n1. The van der Waals surface area contributed by atoms with E-state index >= 15 is 0 Å². The number of esters is 1. The first-order valence-corrected chi connectivity index (χ1v) is 10.2. The number of nitrogens with one attached hydrogen (secondary N) is 3. The van der Waals surface area contributed by atoms with Crippen LogP contribution in [-0.4, -0.2) is 27.0 Å². The smallest absolute Gasteiger partial charge is 0.329 e. The fourth-order valence-corrected chi connectivity index (χ4v) is 3.73. The number of para-hydroxylation sites is 1. The molecule has 0 saturated heterocycles. The van der Waals surface area contributed by atoms with Gasteiger partial charge < -0.3 is 20.0 Å². The number of hydrogen-bond donors (Lipinski definition) is 3. The molecule has 0 aliphatic rings. The largest absolute Gasteiger partial charge is 0.459 e. The van der Waals surface area contributed by atoms with Crippen molar-refractivity contribution in [3.8, 4) is 0 Å². The Morgan fingerprint density at radius 2 is 1.81 bits per heavy atom. The molecule has 0 unspecified atom stereocenters. The standard InChI is InChI=1S/C25H22N4O2/c30-25(31-16-17-6-2-1-3-7-17)22(14-19-15-27-21-9-5-4-8-20(19)21)28-23-11-10-18-12-13-26-24(18)29-23/h1-13,15,22,27H,14,16H2,(H2,26,28,29)/t22-/m0/s1. The van der Waals surface area contributed by atoms with E-state index in [2.05, 4.69) is 26.3 Å². The molecule has 0 fully saturated rings. The van der Waals surface area contributed by atoms with Gasteiger partial charge in [0.25, 0.3) is 0 Å². The van der Waals surface area contributed by atoms with Gasteiger partial charge >= 0.3 is 5.97 Å². The molecule has 0 bridgehead atoms. The Bertz CT molecular complexity index is 1320. The highest BCUT2D eigenvalue weighted by molar-refractivity contribution is 5.86. The summed E-state index contributed by atoms with van der Waals surface area (Å²) < 4.78 is 5.65. The van der Waals surface area contributed by atoms with Crippen molar-refractivity contribution in [1.29, 1.82) is 0 Å². The summed E-state index contributed by atoms with van der Waals surface area (Å²) in [6.45, 7) is 0.231. The summed E-state index contributed by atoms with van der Waals surface area (Å²) in [6, 6.07) is 23.0.